The number of fused-ring (bicyclic) bond motifs is 1. The van der Waals surface area contributed by atoms with Crippen LogP contribution in [0.4, 0.5) is 0 Å². The van der Waals surface area contributed by atoms with Crippen LogP contribution in [0, 0.1) is 5.92 Å². The van der Waals surface area contributed by atoms with Crippen molar-refractivity contribution in [2.24, 2.45) is 5.92 Å². The first-order valence-corrected chi connectivity index (χ1v) is 6.30. The molecule has 0 aromatic carbocycles. The molecule has 0 spiro atoms. The number of hydrogen-bond acceptors (Lipinski definition) is 7. The van der Waals surface area contributed by atoms with Crippen molar-refractivity contribution >= 4 is 11.9 Å². The molecule has 114 valence electrons. The number of hydrogen-bond donors (Lipinski definition) is 0. The minimum absolute atomic E-state index is 0.0290. The maximum atomic E-state index is 12.4. The molecule has 20 heavy (non-hydrogen) atoms. The molecule has 0 aliphatic carbocycles. The summed E-state index contributed by atoms with van der Waals surface area (Å²) in [4.78, 5) is 24.7. The number of ether oxygens (including phenoxy) is 5. The highest BCUT2D eigenvalue weighted by molar-refractivity contribution is 5.97. The molecule has 4 atom stereocenters. The smallest absolute Gasteiger partial charge is 0.344 e. The van der Waals surface area contributed by atoms with Crippen LogP contribution in [0.25, 0.3) is 0 Å². The summed E-state index contributed by atoms with van der Waals surface area (Å²) in [5.41, 5.74) is -3.88. The van der Waals surface area contributed by atoms with Crippen molar-refractivity contribution in [2.45, 2.75) is 30.7 Å². The van der Waals surface area contributed by atoms with E-state index in [1.807, 2.05) is 0 Å². The quantitative estimate of drug-likeness (QED) is 0.654. The molecular weight excluding hydrogens is 268 g/mol. The predicted molar refractivity (Wildman–Crippen MR) is 66.0 cm³/mol. The molecule has 2 heterocycles. The van der Waals surface area contributed by atoms with E-state index in [1.165, 1.54) is 21.3 Å². The average molecular weight is 288 g/mol. The van der Waals surface area contributed by atoms with Gasteiger partial charge in [0.15, 0.2) is 5.60 Å². The molecule has 2 aliphatic heterocycles. The van der Waals surface area contributed by atoms with Gasteiger partial charge in [-0.15, -0.1) is 0 Å². The van der Waals surface area contributed by atoms with Crippen LogP contribution in [-0.2, 0) is 33.3 Å². The van der Waals surface area contributed by atoms with Crippen LogP contribution in [0.15, 0.2) is 0 Å². The van der Waals surface area contributed by atoms with Crippen LogP contribution < -0.4 is 0 Å². The van der Waals surface area contributed by atoms with E-state index in [1.54, 1.807) is 13.8 Å². The highest BCUT2D eigenvalue weighted by Crippen LogP contribution is 2.54. The van der Waals surface area contributed by atoms with E-state index in [2.05, 4.69) is 0 Å². The Bertz CT molecular complexity index is 436. The van der Waals surface area contributed by atoms with E-state index in [9.17, 15) is 9.59 Å². The summed E-state index contributed by atoms with van der Waals surface area (Å²) >= 11 is 0. The lowest BCUT2D eigenvalue weighted by atomic mass is 9.73. The van der Waals surface area contributed by atoms with Gasteiger partial charge in [-0.3, -0.25) is 4.79 Å². The summed E-state index contributed by atoms with van der Waals surface area (Å²) in [6.07, 6.45) is 0. The molecule has 2 aliphatic rings. The molecule has 0 aromatic heterocycles. The molecule has 0 aromatic rings. The average Bonchev–Trinajstić information content (AvgIpc) is 2.71. The molecule has 0 N–H and O–H groups in total. The first kappa shape index (κ1) is 15.2. The van der Waals surface area contributed by atoms with E-state index < -0.39 is 34.7 Å². The zero-order valence-electron chi connectivity index (χ0n) is 12.3. The molecule has 0 amide bonds. The Kier molecular flexibility index (Phi) is 3.56. The SMILES string of the molecule is COCC1(C)OC(=O)C2(OC)C1C(=O)OC2(C)COC. The number of carbonyl (C=O) groups is 2. The number of carbonyl (C=O) groups excluding carboxylic acids is 2. The molecule has 2 saturated heterocycles. The van der Waals surface area contributed by atoms with Crippen LogP contribution in [-0.4, -0.2) is 63.3 Å². The van der Waals surface area contributed by atoms with E-state index in [0.29, 0.717) is 0 Å². The highest BCUT2D eigenvalue weighted by Gasteiger charge is 2.80. The minimum atomic E-state index is -1.52. The third kappa shape index (κ3) is 1.63. The van der Waals surface area contributed by atoms with Gasteiger partial charge in [0.2, 0.25) is 5.60 Å². The molecule has 0 radical (unpaired) electrons. The standard InChI is InChI=1S/C13H20O7/c1-11(6-16-3)8-9(14)19-12(2,7-17-4)13(8,18-5)10(15)20-11/h8H,6-7H2,1-5H3. The number of methoxy groups -OCH3 is 3. The first-order valence-electron chi connectivity index (χ1n) is 6.30. The Labute approximate surface area is 117 Å². The van der Waals surface area contributed by atoms with E-state index >= 15 is 0 Å². The lowest BCUT2D eigenvalue weighted by molar-refractivity contribution is -0.192. The van der Waals surface area contributed by atoms with Gasteiger partial charge in [-0.1, -0.05) is 0 Å². The molecular formula is C13H20O7. The summed E-state index contributed by atoms with van der Waals surface area (Å²) in [6, 6.07) is 0. The molecule has 0 bridgehead atoms. The van der Waals surface area contributed by atoms with Crippen LogP contribution in [0.1, 0.15) is 13.8 Å². The molecule has 2 rings (SSSR count). The Morgan fingerprint density at radius 2 is 1.65 bits per heavy atom. The van der Waals surface area contributed by atoms with Gasteiger partial charge in [-0.2, -0.15) is 0 Å². The van der Waals surface area contributed by atoms with Gasteiger partial charge in [0, 0.05) is 21.3 Å². The first-order chi connectivity index (χ1) is 9.31. The van der Waals surface area contributed by atoms with Crippen molar-refractivity contribution in [1.82, 2.24) is 0 Å². The van der Waals surface area contributed by atoms with Gasteiger partial charge in [0.1, 0.15) is 11.5 Å². The van der Waals surface area contributed by atoms with E-state index in [-0.39, 0.29) is 13.2 Å². The van der Waals surface area contributed by atoms with E-state index in [4.69, 9.17) is 23.7 Å². The maximum absolute atomic E-state index is 12.4. The van der Waals surface area contributed by atoms with Gasteiger partial charge in [-0.25, -0.2) is 4.79 Å². The van der Waals surface area contributed by atoms with Crippen LogP contribution in [0.5, 0.6) is 0 Å². The topological polar surface area (TPSA) is 80.3 Å². The van der Waals surface area contributed by atoms with Crippen molar-refractivity contribution in [3.05, 3.63) is 0 Å². The van der Waals surface area contributed by atoms with Crippen molar-refractivity contribution in [3.8, 4) is 0 Å². The molecule has 0 saturated carbocycles. The third-order valence-corrected chi connectivity index (χ3v) is 4.17. The molecule has 2 fully saturated rings. The fraction of sp³-hybridized carbons (Fsp3) is 0.846. The number of esters is 2. The summed E-state index contributed by atoms with van der Waals surface area (Å²) in [5.74, 6) is -2.07. The van der Waals surface area contributed by atoms with Crippen LogP contribution in [0.2, 0.25) is 0 Å². The highest BCUT2D eigenvalue weighted by atomic mass is 16.7. The maximum Gasteiger partial charge on any atom is 0.344 e. The third-order valence-electron chi connectivity index (χ3n) is 4.17. The Morgan fingerprint density at radius 3 is 2.15 bits per heavy atom. The number of rotatable bonds is 5. The van der Waals surface area contributed by atoms with Gasteiger partial charge in [-0.05, 0) is 13.8 Å². The predicted octanol–water partition coefficient (Wildman–Crippen LogP) is -0.0884. The fourth-order valence-electron chi connectivity index (χ4n) is 3.42. The summed E-state index contributed by atoms with van der Waals surface area (Å²) in [5, 5.41) is 0. The minimum Gasteiger partial charge on any atom is -0.454 e. The van der Waals surface area contributed by atoms with Gasteiger partial charge in [0.25, 0.3) is 0 Å². The van der Waals surface area contributed by atoms with Crippen molar-refractivity contribution in [1.29, 1.82) is 0 Å². The van der Waals surface area contributed by atoms with Crippen LogP contribution in [0.3, 0.4) is 0 Å². The fourth-order valence-corrected chi connectivity index (χ4v) is 3.42. The lowest BCUT2D eigenvalue weighted by Gasteiger charge is -2.35. The second-order valence-electron chi connectivity index (χ2n) is 5.59. The Balaban J connectivity index is 2.55. The number of cyclic esters (lactones) is 2. The Hall–Kier alpha value is -1.18. The molecule has 7 heteroatoms. The Morgan fingerprint density at radius 1 is 1.05 bits per heavy atom. The van der Waals surface area contributed by atoms with Gasteiger partial charge in [0.05, 0.1) is 13.2 Å². The normalized spacial score (nSPS) is 43.4. The largest absolute Gasteiger partial charge is 0.454 e. The van der Waals surface area contributed by atoms with E-state index in [0.717, 1.165) is 0 Å². The van der Waals surface area contributed by atoms with Gasteiger partial charge >= 0.3 is 11.9 Å². The molecule has 4 unspecified atom stereocenters. The second-order valence-corrected chi connectivity index (χ2v) is 5.59. The lowest BCUT2D eigenvalue weighted by Crippen LogP contribution is -2.60. The van der Waals surface area contributed by atoms with Crippen molar-refractivity contribution in [3.63, 3.8) is 0 Å². The van der Waals surface area contributed by atoms with Crippen LogP contribution >= 0.6 is 0 Å². The van der Waals surface area contributed by atoms with Crippen molar-refractivity contribution < 1.29 is 33.3 Å². The summed E-state index contributed by atoms with van der Waals surface area (Å²) < 4.78 is 26.5. The summed E-state index contributed by atoms with van der Waals surface area (Å²) in [6.45, 7) is 3.35. The second kappa shape index (κ2) is 4.68. The van der Waals surface area contributed by atoms with Gasteiger partial charge < -0.3 is 23.7 Å². The monoisotopic (exact) mass is 288 g/mol. The van der Waals surface area contributed by atoms with Crippen molar-refractivity contribution in [2.75, 3.05) is 34.5 Å². The summed E-state index contributed by atoms with van der Waals surface area (Å²) in [7, 11) is 4.30. The molecule has 7 nitrogen and oxygen atoms in total. The zero-order chi connectivity index (χ0) is 15.2. The zero-order valence-corrected chi connectivity index (χ0v) is 12.3.